The number of nitrogens with zero attached hydrogens (tertiary/aromatic N) is 1. The second kappa shape index (κ2) is 6.06. The molecule has 0 radical (unpaired) electrons. The van der Waals surface area contributed by atoms with Gasteiger partial charge in [0.1, 0.15) is 0 Å². The number of anilines is 1. The van der Waals surface area contributed by atoms with E-state index in [1.54, 1.807) is 12.1 Å². The number of nitrogen functional groups attached to an aromatic ring is 1. The first-order valence-electron chi connectivity index (χ1n) is 9.00. The number of nitro groups is 1. The van der Waals surface area contributed by atoms with Crippen LogP contribution in [0.1, 0.15) is 0 Å². The molecule has 0 aromatic heterocycles. The Morgan fingerprint density at radius 3 is 2.25 bits per heavy atom. The van der Waals surface area contributed by atoms with E-state index in [4.69, 9.17) is 5.73 Å². The zero-order chi connectivity index (χ0) is 19.3. The molecule has 5 aromatic rings. The molecule has 0 saturated carbocycles. The van der Waals surface area contributed by atoms with E-state index in [1.165, 1.54) is 16.8 Å². The monoisotopic (exact) mass is 364 g/mol. The predicted octanol–water partition coefficient (Wildman–Crippen LogP) is 6.30. The molecule has 0 aliphatic carbocycles. The molecule has 0 heterocycles. The number of non-ortho nitro benzene ring substituents is 1. The van der Waals surface area contributed by atoms with E-state index in [-0.39, 0.29) is 10.6 Å². The SMILES string of the molecule is Nc1ccc2c(ccc3ccccc32)c1-c1ccc2cc([N+](=O)[O-])ccc2c1. The number of fused-ring (bicyclic) bond motifs is 4. The summed E-state index contributed by atoms with van der Waals surface area (Å²) in [5.74, 6) is 0. The van der Waals surface area contributed by atoms with Crippen molar-refractivity contribution in [3.63, 3.8) is 0 Å². The van der Waals surface area contributed by atoms with Gasteiger partial charge in [0.05, 0.1) is 4.92 Å². The Morgan fingerprint density at radius 2 is 1.39 bits per heavy atom. The van der Waals surface area contributed by atoms with Crippen LogP contribution < -0.4 is 5.73 Å². The topological polar surface area (TPSA) is 69.2 Å². The summed E-state index contributed by atoms with van der Waals surface area (Å²) in [7, 11) is 0. The van der Waals surface area contributed by atoms with E-state index in [0.29, 0.717) is 5.69 Å². The summed E-state index contributed by atoms with van der Waals surface area (Å²) in [4.78, 5) is 10.6. The van der Waals surface area contributed by atoms with Crippen molar-refractivity contribution in [1.82, 2.24) is 0 Å². The molecule has 0 atom stereocenters. The number of rotatable bonds is 2. The van der Waals surface area contributed by atoms with Crippen LogP contribution in [0.25, 0.3) is 43.4 Å². The first kappa shape index (κ1) is 16.3. The molecule has 5 aromatic carbocycles. The second-order valence-electron chi connectivity index (χ2n) is 6.91. The Hall–Kier alpha value is -3.92. The molecular weight excluding hydrogens is 348 g/mol. The maximum absolute atomic E-state index is 11.0. The fourth-order valence-corrected chi connectivity index (χ4v) is 3.93. The first-order valence-corrected chi connectivity index (χ1v) is 9.00. The van der Waals surface area contributed by atoms with E-state index in [9.17, 15) is 10.1 Å². The Bertz CT molecular complexity index is 1410. The van der Waals surface area contributed by atoms with Gasteiger partial charge in [0.25, 0.3) is 5.69 Å². The van der Waals surface area contributed by atoms with E-state index in [1.807, 2.05) is 36.4 Å². The molecule has 0 aliphatic rings. The van der Waals surface area contributed by atoms with Gasteiger partial charge in [-0.15, -0.1) is 0 Å². The predicted molar refractivity (Wildman–Crippen MR) is 115 cm³/mol. The Morgan fingerprint density at radius 1 is 0.679 bits per heavy atom. The van der Waals surface area contributed by atoms with E-state index in [2.05, 4.69) is 30.3 Å². The zero-order valence-corrected chi connectivity index (χ0v) is 14.9. The molecule has 4 nitrogen and oxygen atoms in total. The van der Waals surface area contributed by atoms with E-state index < -0.39 is 0 Å². The standard InChI is InChI=1S/C24H16N2O2/c25-23-12-11-21-20-4-2-1-3-15(20)8-10-22(21)24(23)18-6-5-17-14-19(26(27)28)9-7-16(17)13-18/h1-14H,25H2. The lowest BCUT2D eigenvalue weighted by Crippen LogP contribution is -1.93. The number of nitrogens with two attached hydrogens (primary N) is 1. The minimum absolute atomic E-state index is 0.0939. The van der Waals surface area contributed by atoms with Gasteiger partial charge < -0.3 is 5.73 Å². The van der Waals surface area contributed by atoms with Gasteiger partial charge in [-0.25, -0.2) is 0 Å². The third-order valence-corrected chi connectivity index (χ3v) is 5.28. The Balaban J connectivity index is 1.78. The summed E-state index contributed by atoms with van der Waals surface area (Å²) in [5, 5.41) is 17.4. The maximum atomic E-state index is 11.0. The lowest BCUT2D eigenvalue weighted by atomic mass is 9.92. The lowest BCUT2D eigenvalue weighted by Gasteiger charge is -2.13. The molecule has 134 valence electrons. The fourth-order valence-electron chi connectivity index (χ4n) is 3.93. The van der Waals surface area contributed by atoms with Gasteiger partial charge in [-0.1, -0.05) is 54.6 Å². The van der Waals surface area contributed by atoms with Gasteiger partial charge in [0, 0.05) is 23.4 Å². The van der Waals surface area contributed by atoms with Gasteiger partial charge in [-0.05, 0) is 56.1 Å². The van der Waals surface area contributed by atoms with Crippen LogP contribution in [0.4, 0.5) is 11.4 Å². The van der Waals surface area contributed by atoms with Gasteiger partial charge in [-0.3, -0.25) is 10.1 Å². The number of nitro benzene ring substituents is 1. The van der Waals surface area contributed by atoms with Gasteiger partial charge >= 0.3 is 0 Å². The number of hydrogen-bond donors (Lipinski definition) is 1. The van der Waals surface area contributed by atoms with Crippen molar-refractivity contribution in [2.45, 2.75) is 0 Å². The van der Waals surface area contributed by atoms with Crippen LogP contribution >= 0.6 is 0 Å². The number of benzene rings is 5. The van der Waals surface area contributed by atoms with E-state index in [0.717, 1.165) is 32.7 Å². The van der Waals surface area contributed by atoms with Gasteiger partial charge in [0.15, 0.2) is 0 Å². The van der Waals surface area contributed by atoms with Crippen molar-refractivity contribution in [3.05, 3.63) is 95.0 Å². The molecule has 4 heteroatoms. The average molecular weight is 364 g/mol. The fraction of sp³-hybridized carbons (Fsp3) is 0. The maximum Gasteiger partial charge on any atom is 0.270 e. The molecule has 0 saturated heterocycles. The highest BCUT2D eigenvalue weighted by Gasteiger charge is 2.12. The van der Waals surface area contributed by atoms with Crippen molar-refractivity contribution in [2.75, 3.05) is 5.73 Å². The smallest absolute Gasteiger partial charge is 0.270 e. The Labute approximate surface area is 161 Å². The van der Waals surface area contributed by atoms with Crippen LogP contribution in [0.2, 0.25) is 0 Å². The molecule has 0 unspecified atom stereocenters. The van der Waals surface area contributed by atoms with Crippen LogP contribution in [-0.2, 0) is 0 Å². The minimum atomic E-state index is -0.374. The van der Waals surface area contributed by atoms with Crippen molar-refractivity contribution >= 4 is 43.7 Å². The highest BCUT2D eigenvalue weighted by Crippen LogP contribution is 2.38. The van der Waals surface area contributed by atoms with Crippen molar-refractivity contribution in [1.29, 1.82) is 0 Å². The lowest BCUT2D eigenvalue weighted by molar-refractivity contribution is -0.384. The molecule has 0 bridgehead atoms. The third-order valence-electron chi connectivity index (χ3n) is 5.28. The van der Waals surface area contributed by atoms with E-state index >= 15 is 0 Å². The summed E-state index contributed by atoms with van der Waals surface area (Å²) in [6.07, 6.45) is 0. The highest BCUT2D eigenvalue weighted by atomic mass is 16.6. The van der Waals surface area contributed by atoms with Gasteiger partial charge in [-0.2, -0.15) is 0 Å². The van der Waals surface area contributed by atoms with Crippen LogP contribution in [-0.4, -0.2) is 4.92 Å². The summed E-state index contributed by atoms with van der Waals surface area (Å²) < 4.78 is 0. The molecule has 0 fully saturated rings. The van der Waals surface area contributed by atoms with Crippen LogP contribution in [0.15, 0.2) is 84.9 Å². The molecule has 28 heavy (non-hydrogen) atoms. The second-order valence-corrected chi connectivity index (χ2v) is 6.91. The van der Waals surface area contributed by atoms with Crippen LogP contribution in [0, 0.1) is 10.1 Å². The van der Waals surface area contributed by atoms with Crippen LogP contribution in [0.5, 0.6) is 0 Å². The van der Waals surface area contributed by atoms with Crippen LogP contribution in [0.3, 0.4) is 0 Å². The molecule has 0 aliphatic heterocycles. The quantitative estimate of drug-likeness (QED) is 0.173. The minimum Gasteiger partial charge on any atom is -0.398 e. The normalized spacial score (nSPS) is 11.3. The largest absolute Gasteiger partial charge is 0.398 e. The van der Waals surface area contributed by atoms with Crippen molar-refractivity contribution in [2.24, 2.45) is 0 Å². The molecular formula is C24H16N2O2. The number of hydrogen-bond acceptors (Lipinski definition) is 3. The average Bonchev–Trinajstić information content (AvgIpc) is 2.72. The van der Waals surface area contributed by atoms with Gasteiger partial charge in [0.2, 0.25) is 0 Å². The summed E-state index contributed by atoms with van der Waals surface area (Å²) in [5.41, 5.74) is 9.18. The zero-order valence-electron chi connectivity index (χ0n) is 14.9. The molecule has 0 amide bonds. The summed E-state index contributed by atoms with van der Waals surface area (Å²) >= 11 is 0. The summed E-state index contributed by atoms with van der Waals surface area (Å²) in [6.45, 7) is 0. The van der Waals surface area contributed by atoms with Crippen molar-refractivity contribution < 1.29 is 4.92 Å². The molecule has 2 N–H and O–H groups in total. The Kier molecular flexibility index (Phi) is 3.52. The first-order chi connectivity index (χ1) is 13.6. The summed E-state index contributed by atoms with van der Waals surface area (Å²) in [6, 6.07) is 27.4. The molecule has 5 rings (SSSR count). The molecule has 0 spiro atoms. The van der Waals surface area contributed by atoms with Crippen molar-refractivity contribution in [3.8, 4) is 11.1 Å². The highest BCUT2D eigenvalue weighted by molar-refractivity contribution is 6.14. The third kappa shape index (κ3) is 2.47.